The number of likely N-dealkylation sites (tertiary alicyclic amines) is 1. The van der Waals surface area contributed by atoms with Crippen LogP contribution < -0.4 is 10.2 Å². The number of hydrogen-bond acceptors (Lipinski definition) is 4. The third kappa shape index (κ3) is 3.67. The summed E-state index contributed by atoms with van der Waals surface area (Å²) in [6, 6.07) is 2.10. The van der Waals surface area contributed by atoms with Gasteiger partial charge in [-0.25, -0.2) is 14.8 Å². The van der Waals surface area contributed by atoms with Crippen molar-refractivity contribution in [2.75, 3.05) is 31.1 Å². The summed E-state index contributed by atoms with van der Waals surface area (Å²) >= 11 is 0. The van der Waals surface area contributed by atoms with Crippen molar-refractivity contribution < 1.29 is 4.79 Å². The van der Waals surface area contributed by atoms with E-state index in [4.69, 9.17) is 0 Å². The molecule has 2 saturated heterocycles. The van der Waals surface area contributed by atoms with Crippen molar-refractivity contribution in [1.29, 1.82) is 0 Å². The summed E-state index contributed by atoms with van der Waals surface area (Å²) in [5, 5.41) is 3.19. The van der Waals surface area contributed by atoms with Crippen LogP contribution >= 0.6 is 0 Å². The first-order valence-electron chi connectivity index (χ1n) is 8.30. The molecule has 2 amide bonds. The molecule has 0 aromatic carbocycles. The second-order valence-corrected chi connectivity index (χ2v) is 6.45. The van der Waals surface area contributed by atoms with Gasteiger partial charge in [0.05, 0.1) is 0 Å². The first kappa shape index (κ1) is 15.1. The minimum absolute atomic E-state index is 0.0905. The molecule has 120 valence electrons. The lowest BCUT2D eigenvalue weighted by Gasteiger charge is -2.36. The van der Waals surface area contributed by atoms with Crippen molar-refractivity contribution in [3.63, 3.8) is 0 Å². The monoisotopic (exact) mass is 303 g/mol. The van der Waals surface area contributed by atoms with Crippen molar-refractivity contribution >= 4 is 12.0 Å². The van der Waals surface area contributed by atoms with Crippen LogP contribution in [-0.2, 0) is 0 Å². The molecule has 3 rings (SSSR count). The zero-order chi connectivity index (χ0) is 15.4. The van der Waals surface area contributed by atoms with E-state index in [-0.39, 0.29) is 12.1 Å². The Bertz CT molecular complexity index is 487. The third-order valence-electron chi connectivity index (χ3n) is 4.65. The van der Waals surface area contributed by atoms with Crippen LogP contribution in [0.25, 0.3) is 0 Å². The molecule has 0 saturated carbocycles. The van der Waals surface area contributed by atoms with Crippen LogP contribution in [0.3, 0.4) is 0 Å². The van der Waals surface area contributed by atoms with E-state index in [9.17, 15) is 4.79 Å². The Morgan fingerprint density at radius 3 is 2.64 bits per heavy atom. The number of carbonyl (C=O) groups is 1. The molecule has 1 atom stereocenters. The number of urea groups is 1. The smallest absolute Gasteiger partial charge is 0.317 e. The zero-order valence-corrected chi connectivity index (χ0v) is 13.2. The molecule has 0 bridgehead atoms. The molecular formula is C16H25N5O. The molecule has 22 heavy (non-hydrogen) atoms. The molecule has 0 aliphatic carbocycles. The topological polar surface area (TPSA) is 61.4 Å². The van der Waals surface area contributed by atoms with Crippen molar-refractivity contribution in [3.8, 4) is 0 Å². The van der Waals surface area contributed by atoms with E-state index in [1.165, 1.54) is 0 Å². The highest BCUT2D eigenvalue weighted by Gasteiger charge is 2.26. The molecule has 1 aromatic rings. The van der Waals surface area contributed by atoms with Gasteiger partial charge in [0.15, 0.2) is 0 Å². The molecule has 6 nitrogen and oxygen atoms in total. The maximum atomic E-state index is 12.4. The Labute approximate surface area is 131 Å². The van der Waals surface area contributed by atoms with Gasteiger partial charge in [0.2, 0.25) is 5.95 Å². The van der Waals surface area contributed by atoms with Gasteiger partial charge in [0.1, 0.15) is 0 Å². The molecule has 2 fully saturated rings. The lowest BCUT2D eigenvalue weighted by molar-refractivity contribution is 0.169. The third-order valence-corrected chi connectivity index (χ3v) is 4.65. The lowest BCUT2D eigenvalue weighted by Crippen LogP contribution is -2.53. The van der Waals surface area contributed by atoms with Crippen LogP contribution in [0.2, 0.25) is 0 Å². The number of amides is 2. The van der Waals surface area contributed by atoms with E-state index in [0.29, 0.717) is 0 Å². The van der Waals surface area contributed by atoms with E-state index in [1.807, 2.05) is 11.0 Å². The largest absolute Gasteiger partial charge is 0.339 e. The average Bonchev–Trinajstić information content (AvgIpc) is 2.56. The standard InChI is InChI=1S/C16H25N5O/c1-13-5-10-20(11-6-13)16(22)19-14-4-2-9-21(12-14)15-17-7-3-8-18-15/h3,7-8,13-14H,2,4-6,9-12H2,1H3,(H,19,22)/t14-/m0/s1. The van der Waals surface area contributed by atoms with E-state index in [0.717, 1.165) is 63.7 Å². The molecule has 1 aromatic heterocycles. The average molecular weight is 303 g/mol. The Kier molecular flexibility index (Phi) is 4.75. The SMILES string of the molecule is CC1CCN(C(=O)N[C@H]2CCCN(c3ncccn3)C2)CC1. The summed E-state index contributed by atoms with van der Waals surface area (Å²) in [6.07, 6.45) is 7.84. The van der Waals surface area contributed by atoms with Gasteiger partial charge in [-0.15, -0.1) is 0 Å². The summed E-state index contributed by atoms with van der Waals surface area (Å²) in [6.45, 7) is 5.77. The van der Waals surface area contributed by atoms with Crippen LogP contribution in [0.4, 0.5) is 10.7 Å². The normalized spacial score (nSPS) is 23.4. The summed E-state index contributed by atoms with van der Waals surface area (Å²) in [7, 11) is 0. The molecule has 3 heterocycles. The second kappa shape index (κ2) is 6.94. The van der Waals surface area contributed by atoms with Crippen molar-refractivity contribution in [1.82, 2.24) is 20.2 Å². The molecule has 2 aliphatic heterocycles. The maximum absolute atomic E-state index is 12.4. The van der Waals surface area contributed by atoms with Gasteiger partial charge < -0.3 is 15.1 Å². The minimum Gasteiger partial charge on any atom is -0.339 e. The summed E-state index contributed by atoms with van der Waals surface area (Å²) in [5.74, 6) is 1.50. The number of aromatic nitrogens is 2. The fourth-order valence-corrected chi connectivity index (χ4v) is 3.21. The first-order valence-corrected chi connectivity index (χ1v) is 8.30. The van der Waals surface area contributed by atoms with Crippen LogP contribution in [0, 0.1) is 5.92 Å². The Balaban J connectivity index is 1.53. The van der Waals surface area contributed by atoms with Gasteiger partial charge in [-0.2, -0.15) is 0 Å². The van der Waals surface area contributed by atoms with Crippen LogP contribution in [0.1, 0.15) is 32.6 Å². The number of piperidine rings is 2. The molecule has 0 spiro atoms. The highest BCUT2D eigenvalue weighted by molar-refractivity contribution is 5.74. The van der Waals surface area contributed by atoms with Gasteiger partial charge >= 0.3 is 6.03 Å². The minimum atomic E-state index is 0.0905. The summed E-state index contributed by atoms with van der Waals surface area (Å²) in [5.41, 5.74) is 0. The summed E-state index contributed by atoms with van der Waals surface area (Å²) in [4.78, 5) is 25.1. The van der Waals surface area contributed by atoms with Gasteiger partial charge in [-0.1, -0.05) is 6.92 Å². The number of nitrogens with zero attached hydrogens (tertiary/aromatic N) is 4. The first-order chi connectivity index (χ1) is 10.7. The van der Waals surface area contributed by atoms with Crippen molar-refractivity contribution in [2.24, 2.45) is 5.92 Å². The van der Waals surface area contributed by atoms with Crippen LogP contribution in [-0.4, -0.2) is 53.1 Å². The zero-order valence-electron chi connectivity index (χ0n) is 13.2. The highest BCUT2D eigenvalue weighted by Crippen LogP contribution is 2.18. The maximum Gasteiger partial charge on any atom is 0.317 e. The molecule has 6 heteroatoms. The van der Waals surface area contributed by atoms with E-state index >= 15 is 0 Å². The predicted molar refractivity (Wildman–Crippen MR) is 85.8 cm³/mol. The Morgan fingerprint density at radius 1 is 1.18 bits per heavy atom. The molecule has 2 aliphatic rings. The molecule has 1 N–H and O–H groups in total. The van der Waals surface area contributed by atoms with Crippen molar-refractivity contribution in [3.05, 3.63) is 18.5 Å². The van der Waals surface area contributed by atoms with Crippen LogP contribution in [0.15, 0.2) is 18.5 Å². The van der Waals surface area contributed by atoms with E-state index in [2.05, 4.69) is 27.1 Å². The predicted octanol–water partition coefficient (Wildman–Crippen LogP) is 1.89. The fourth-order valence-electron chi connectivity index (χ4n) is 3.21. The van der Waals surface area contributed by atoms with Gasteiger partial charge in [0, 0.05) is 44.6 Å². The number of carbonyl (C=O) groups excluding carboxylic acids is 1. The second-order valence-electron chi connectivity index (χ2n) is 6.45. The molecular weight excluding hydrogens is 278 g/mol. The number of anilines is 1. The highest BCUT2D eigenvalue weighted by atomic mass is 16.2. The summed E-state index contributed by atoms with van der Waals surface area (Å²) < 4.78 is 0. The molecule has 0 radical (unpaired) electrons. The number of rotatable bonds is 2. The van der Waals surface area contributed by atoms with Gasteiger partial charge in [-0.3, -0.25) is 0 Å². The van der Waals surface area contributed by atoms with Gasteiger partial charge in [-0.05, 0) is 37.7 Å². The Morgan fingerprint density at radius 2 is 1.91 bits per heavy atom. The quantitative estimate of drug-likeness (QED) is 0.906. The number of hydrogen-bond donors (Lipinski definition) is 1. The number of nitrogens with one attached hydrogen (secondary N) is 1. The lowest BCUT2D eigenvalue weighted by atomic mass is 9.99. The van der Waals surface area contributed by atoms with Crippen molar-refractivity contribution in [2.45, 2.75) is 38.6 Å². The Hall–Kier alpha value is -1.85. The van der Waals surface area contributed by atoms with E-state index in [1.54, 1.807) is 12.4 Å². The van der Waals surface area contributed by atoms with Crippen LogP contribution in [0.5, 0.6) is 0 Å². The molecule has 0 unspecified atom stereocenters. The van der Waals surface area contributed by atoms with E-state index < -0.39 is 0 Å². The fraction of sp³-hybridized carbons (Fsp3) is 0.688. The van der Waals surface area contributed by atoms with Gasteiger partial charge in [0.25, 0.3) is 0 Å².